The highest BCUT2D eigenvalue weighted by atomic mass is 35.5. The van der Waals surface area contributed by atoms with Crippen LogP contribution in [0.15, 0.2) is 36.4 Å². The summed E-state index contributed by atoms with van der Waals surface area (Å²) in [7, 11) is 0. The maximum absolute atomic E-state index is 13.2. The zero-order valence-corrected chi connectivity index (χ0v) is 12.4. The van der Waals surface area contributed by atoms with Crippen molar-refractivity contribution in [2.75, 3.05) is 11.4 Å². The molecule has 0 saturated heterocycles. The molecule has 0 amide bonds. The molecule has 0 fully saturated rings. The lowest BCUT2D eigenvalue weighted by Crippen LogP contribution is -2.22. The Morgan fingerprint density at radius 2 is 1.76 bits per heavy atom. The van der Waals surface area contributed by atoms with Gasteiger partial charge in [0.15, 0.2) is 0 Å². The van der Waals surface area contributed by atoms with Crippen molar-refractivity contribution in [1.29, 1.82) is 0 Å². The number of halogens is 3. The molecule has 0 aliphatic heterocycles. The maximum atomic E-state index is 13.2. The lowest BCUT2D eigenvalue weighted by molar-refractivity contribution is 0.282. The lowest BCUT2D eigenvalue weighted by Gasteiger charge is -2.24. The Balaban J connectivity index is 2.25. The number of hydrogen-bond acceptors (Lipinski definition) is 2. The Bertz CT molecular complexity index is 613. The molecule has 2 nitrogen and oxygen atoms in total. The molecule has 0 atom stereocenters. The quantitative estimate of drug-likeness (QED) is 0.897. The van der Waals surface area contributed by atoms with Gasteiger partial charge in [0.05, 0.1) is 6.61 Å². The molecule has 0 bridgehead atoms. The molecule has 0 spiro atoms. The fourth-order valence-electron chi connectivity index (χ4n) is 2.17. The SMILES string of the molecule is CCN(Cc1cc(F)cc(F)c1)c1ccc(CO)c(Cl)c1. The van der Waals surface area contributed by atoms with Crippen LogP contribution < -0.4 is 4.90 Å². The third-order valence-electron chi connectivity index (χ3n) is 3.25. The highest BCUT2D eigenvalue weighted by Gasteiger charge is 2.10. The molecule has 2 rings (SSSR count). The van der Waals surface area contributed by atoms with Crippen LogP contribution in [0.2, 0.25) is 5.02 Å². The second-order valence-corrected chi connectivity index (χ2v) is 5.13. The van der Waals surface area contributed by atoms with E-state index in [1.807, 2.05) is 17.9 Å². The van der Waals surface area contributed by atoms with E-state index in [2.05, 4.69) is 0 Å². The van der Waals surface area contributed by atoms with Crippen molar-refractivity contribution in [2.45, 2.75) is 20.1 Å². The van der Waals surface area contributed by atoms with Gasteiger partial charge in [-0.3, -0.25) is 0 Å². The van der Waals surface area contributed by atoms with Gasteiger partial charge in [-0.15, -0.1) is 0 Å². The van der Waals surface area contributed by atoms with Crippen LogP contribution in [0.3, 0.4) is 0 Å². The topological polar surface area (TPSA) is 23.5 Å². The summed E-state index contributed by atoms with van der Waals surface area (Å²) >= 11 is 6.08. The van der Waals surface area contributed by atoms with Gasteiger partial charge < -0.3 is 10.0 Å². The Hall–Kier alpha value is -1.65. The molecular weight excluding hydrogens is 296 g/mol. The van der Waals surface area contributed by atoms with Crippen LogP contribution in [0.4, 0.5) is 14.5 Å². The Labute approximate surface area is 127 Å². The zero-order chi connectivity index (χ0) is 15.4. The van der Waals surface area contributed by atoms with Crippen molar-refractivity contribution >= 4 is 17.3 Å². The number of aliphatic hydroxyl groups excluding tert-OH is 1. The van der Waals surface area contributed by atoms with Crippen molar-refractivity contribution < 1.29 is 13.9 Å². The first kappa shape index (κ1) is 15.7. The average Bonchev–Trinajstić information content (AvgIpc) is 2.43. The number of aliphatic hydroxyl groups is 1. The Kier molecular flexibility index (Phi) is 5.15. The van der Waals surface area contributed by atoms with Crippen LogP contribution in [0.1, 0.15) is 18.1 Å². The zero-order valence-electron chi connectivity index (χ0n) is 11.6. The predicted molar refractivity (Wildman–Crippen MR) is 80.5 cm³/mol. The standard InChI is InChI=1S/C16H16ClF2NO/c1-2-20(9-11-5-13(18)7-14(19)6-11)15-4-3-12(10-21)16(17)8-15/h3-8,21H,2,9-10H2,1H3. The fourth-order valence-corrected chi connectivity index (χ4v) is 2.40. The van der Waals surface area contributed by atoms with Gasteiger partial charge in [-0.25, -0.2) is 8.78 Å². The Morgan fingerprint density at radius 1 is 1.10 bits per heavy atom. The van der Waals surface area contributed by atoms with Crippen molar-refractivity contribution in [3.8, 4) is 0 Å². The average molecular weight is 312 g/mol. The van der Waals surface area contributed by atoms with Crippen LogP contribution in [-0.2, 0) is 13.2 Å². The fraction of sp³-hybridized carbons (Fsp3) is 0.250. The van der Waals surface area contributed by atoms with Gasteiger partial charge in [-0.2, -0.15) is 0 Å². The minimum Gasteiger partial charge on any atom is -0.392 e. The highest BCUT2D eigenvalue weighted by molar-refractivity contribution is 6.31. The number of rotatable bonds is 5. The second kappa shape index (κ2) is 6.87. The molecule has 5 heteroatoms. The van der Waals surface area contributed by atoms with Crippen LogP contribution >= 0.6 is 11.6 Å². The molecule has 0 aliphatic carbocycles. The molecule has 0 heterocycles. The highest BCUT2D eigenvalue weighted by Crippen LogP contribution is 2.25. The van der Waals surface area contributed by atoms with E-state index in [0.29, 0.717) is 29.2 Å². The summed E-state index contributed by atoms with van der Waals surface area (Å²) in [6.45, 7) is 2.86. The van der Waals surface area contributed by atoms with Crippen molar-refractivity contribution in [3.63, 3.8) is 0 Å². The molecule has 2 aromatic rings. The molecule has 112 valence electrons. The third-order valence-corrected chi connectivity index (χ3v) is 3.60. The van der Waals surface area contributed by atoms with Crippen LogP contribution in [-0.4, -0.2) is 11.7 Å². The van der Waals surface area contributed by atoms with Gasteiger partial charge in [0.25, 0.3) is 0 Å². The Morgan fingerprint density at radius 3 is 2.29 bits per heavy atom. The van der Waals surface area contributed by atoms with E-state index in [-0.39, 0.29) is 6.61 Å². The van der Waals surface area contributed by atoms with E-state index in [1.54, 1.807) is 12.1 Å². The smallest absolute Gasteiger partial charge is 0.126 e. The monoisotopic (exact) mass is 311 g/mol. The molecule has 21 heavy (non-hydrogen) atoms. The number of hydrogen-bond donors (Lipinski definition) is 1. The summed E-state index contributed by atoms with van der Waals surface area (Å²) in [6, 6.07) is 8.80. The molecular formula is C16H16ClF2NO. The summed E-state index contributed by atoms with van der Waals surface area (Å²) < 4.78 is 26.5. The molecule has 0 aromatic heterocycles. The summed E-state index contributed by atoms with van der Waals surface area (Å²) in [5, 5.41) is 9.59. The summed E-state index contributed by atoms with van der Waals surface area (Å²) in [6.07, 6.45) is 0. The molecule has 0 radical (unpaired) electrons. The van der Waals surface area contributed by atoms with E-state index in [1.165, 1.54) is 12.1 Å². The number of nitrogens with zero attached hydrogens (tertiary/aromatic N) is 1. The first-order valence-electron chi connectivity index (χ1n) is 6.62. The first-order chi connectivity index (χ1) is 10.0. The van der Waals surface area contributed by atoms with Gasteiger partial charge in [0.1, 0.15) is 11.6 Å². The van der Waals surface area contributed by atoms with Crippen LogP contribution in [0, 0.1) is 11.6 Å². The van der Waals surface area contributed by atoms with Crippen LogP contribution in [0.5, 0.6) is 0 Å². The molecule has 2 aromatic carbocycles. The molecule has 0 unspecified atom stereocenters. The third kappa shape index (κ3) is 3.93. The number of anilines is 1. The second-order valence-electron chi connectivity index (χ2n) is 4.73. The molecule has 1 N–H and O–H groups in total. The van der Waals surface area contributed by atoms with Gasteiger partial charge in [-0.05, 0) is 42.3 Å². The van der Waals surface area contributed by atoms with Gasteiger partial charge in [0, 0.05) is 29.9 Å². The summed E-state index contributed by atoms with van der Waals surface area (Å²) in [5.41, 5.74) is 2.04. The summed E-state index contributed by atoms with van der Waals surface area (Å²) in [5.74, 6) is -1.18. The molecule has 0 aliphatic rings. The van der Waals surface area contributed by atoms with E-state index in [9.17, 15) is 8.78 Å². The number of benzene rings is 2. The van der Waals surface area contributed by atoms with E-state index in [4.69, 9.17) is 16.7 Å². The normalized spacial score (nSPS) is 10.7. The van der Waals surface area contributed by atoms with E-state index >= 15 is 0 Å². The van der Waals surface area contributed by atoms with Crippen molar-refractivity contribution in [3.05, 3.63) is 64.2 Å². The molecule has 0 saturated carbocycles. The van der Waals surface area contributed by atoms with Crippen LogP contribution in [0.25, 0.3) is 0 Å². The maximum Gasteiger partial charge on any atom is 0.126 e. The van der Waals surface area contributed by atoms with Crippen molar-refractivity contribution in [1.82, 2.24) is 0 Å². The first-order valence-corrected chi connectivity index (χ1v) is 7.00. The van der Waals surface area contributed by atoms with Crippen molar-refractivity contribution in [2.24, 2.45) is 0 Å². The van der Waals surface area contributed by atoms with E-state index < -0.39 is 11.6 Å². The predicted octanol–water partition coefficient (Wildman–Crippen LogP) is 4.14. The minimum atomic E-state index is -0.588. The van der Waals surface area contributed by atoms with Gasteiger partial charge >= 0.3 is 0 Å². The summed E-state index contributed by atoms with van der Waals surface area (Å²) in [4.78, 5) is 1.95. The van der Waals surface area contributed by atoms with Gasteiger partial charge in [-0.1, -0.05) is 17.7 Å². The minimum absolute atomic E-state index is 0.125. The van der Waals surface area contributed by atoms with Gasteiger partial charge in [0.2, 0.25) is 0 Å². The lowest BCUT2D eigenvalue weighted by atomic mass is 10.1. The largest absolute Gasteiger partial charge is 0.392 e. The van der Waals surface area contributed by atoms with E-state index in [0.717, 1.165) is 11.8 Å².